The Morgan fingerprint density at radius 1 is 1.60 bits per heavy atom. The fourth-order valence-electron chi connectivity index (χ4n) is 0.653. The van der Waals surface area contributed by atoms with Crippen LogP contribution in [0.5, 0.6) is 0 Å². The molecule has 1 radical (unpaired) electrons. The van der Waals surface area contributed by atoms with Gasteiger partial charge in [-0.3, -0.25) is 4.79 Å². The Kier molecular flexibility index (Phi) is 4.99. The van der Waals surface area contributed by atoms with Crippen LogP contribution in [0.4, 0.5) is 0 Å². The lowest BCUT2D eigenvalue weighted by molar-refractivity contribution is -0.120. The van der Waals surface area contributed by atoms with E-state index in [4.69, 9.17) is 0 Å². The summed E-state index contributed by atoms with van der Waals surface area (Å²) in [6.07, 6.45) is 1.61. The van der Waals surface area contributed by atoms with Crippen LogP contribution in [-0.2, 0) is 4.79 Å². The molecule has 0 fully saturated rings. The average Bonchev–Trinajstić information content (AvgIpc) is 1.85. The van der Waals surface area contributed by atoms with Crippen LogP contribution in [0.3, 0.4) is 0 Å². The number of amides is 1. The fraction of sp³-hybridized carbons (Fsp3) is 0.750. The summed E-state index contributed by atoms with van der Waals surface area (Å²) in [5.41, 5.74) is 0. The van der Waals surface area contributed by atoms with Crippen molar-refractivity contribution in [3.63, 3.8) is 0 Å². The summed E-state index contributed by atoms with van der Waals surface area (Å²) in [5.74, 6) is 0.735. The van der Waals surface area contributed by atoms with Gasteiger partial charge in [0, 0.05) is 13.0 Å². The van der Waals surface area contributed by atoms with E-state index in [1.165, 1.54) is 0 Å². The first-order valence-corrected chi connectivity index (χ1v) is 3.74. The molecule has 0 aliphatic heterocycles. The molecule has 0 aliphatic rings. The van der Waals surface area contributed by atoms with E-state index in [0.717, 1.165) is 6.42 Å². The molecule has 0 unspecified atom stereocenters. The van der Waals surface area contributed by atoms with Gasteiger partial charge in [0.15, 0.2) is 0 Å². The average molecular weight is 142 g/mol. The van der Waals surface area contributed by atoms with Crippen LogP contribution in [0.25, 0.3) is 0 Å². The Labute approximate surface area is 63.0 Å². The molecule has 1 N–H and O–H groups in total. The molecule has 0 spiro atoms. The molecule has 0 aliphatic carbocycles. The standard InChI is InChI=1S/C8H16NO/c1-4-9-8(10)6-5-7(2)3/h4,7H,5-6H2,1-3H3,(H,9,10). The number of carbonyl (C=O) groups is 1. The van der Waals surface area contributed by atoms with Crippen LogP contribution < -0.4 is 5.32 Å². The third kappa shape index (κ3) is 5.60. The summed E-state index contributed by atoms with van der Waals surface area (Å²) in [6, 6.07) is 0. The molecule has 0 bridgehead atoms. The first-order valence-electron chi connectivity index (χ1n) is 3.74. The number of carbonyl (C=O) groups excluding carboxylic acids is 1. The normalized spacial score (nSPS) is 10.0. The van der Waals surface area contributed by atoms with Gasteiger partial charge in [0.1, 0.15) is 0 Å². The highest BCUT2D eigenvalue weighted by Crippen LogP contribution is 2.02. The van der Waals surface area contributed by atoms with Gasteiger partial charge in [-0.05, 0) is 19.3 Å². The maximum Gasteiger partial charge on any atom is 0.220 e. The molecule has 0 aromatic heterocycles. The molecule has 1 amide bonds. The van der Waals surface area contributed by atoms with E-state index >= 15 is 0 Å². The highest BCUT2D eigenvalue weighted by atomic mass is 16.1. The van der Waals surface area contributed by atoms with Crippen molar-refractivity contribution in [2.24, 2.45) is 5.92 Å². The van der Waals surface area contributed by atoms with Gasteiger partial charge in [-0.2, -0.15) is 0 Å². The van der Waals surface area contributed by atoms with Gasteiger partial charge in [-0.15, -0.1) is 0 Å². The van der Waals surface area contributed by atoms with Crippen molar-refractivity contribution >= 4 is 5.91 Å². The summed E-state index contributed by atoms with van der Waals surface area (Å²) < 4.78 is 0. The third-order valence-electron chi connectivity index (χ3n) is 1.25. The molecule has 2 heteroatoms. The molecule has 0 aromatic rings. The number of hydrogen-bond donors (Lipinski definition) is 1. The maximum atomic E-state index is 10.8. The summed E-state index contributed by atoms with van der Waals surface area (Å²) in [6.45, 7) is 7.71. The van der Waals surface area contributed by atoms with Gasteiger partial charge >= 0.3 is 0 Å². The van der Waals surface area contributed by atoms with Gasteiger partial charge in [0.05, 0.1) is 0 Å². The quantitative estimate of drug-likeness (QED) is 0.636. The fourth-order valence-corrected chi connectivity index (χ4v) is 0.653. The second-order valence-corrected chi connectivity index (χ2v) is 2.79. The van der Waals surface area contributed by atoms with Crippen molar-refractivity contribution in [2.75, 3.05) is 0 Å². The minimum absolute atomic E-state index is 0.121. The number of rotatable bonds is 4. The first-order chi connectivity index (χ1) is 4.66. The first kappa shape index (κ1) is 9.47. The van der Waals surface area contributed by atoms with Crippen molar-refractivity contribution in [1.82, 2.24) is 5.32 Å². The molecule has 2 nitrogen and oxygen atoms in total. The van der Waals surface area contributed by atoms with Gasteiger partial charge in [-0.1, -0.05) is 13.8 Å². The lowest BCUT2D eigenvalue weighted by atomic mass is 10.1. The topological polar surface area (TPSA) is 29.1 Å². The smallest absolute Gasteiger partial charge is 0.220 e. The lowest BCUT2D eigenvalue weighted by Gasteiger charge is -2.03. The molecule has 59 valence electrons. The zero-order chi connectivity index (χ0) is 7.98. The van der Waals surface area contributed by atoms with Crippen LogP contribution >= 0.6 is 0 Å². The summed E-state index contributed by atoms with van der Waals surface area (Å²) in [5, 5.41) is 2.64. The molecule has 0 saturated heterocycles. The van der Waals surface area contributed by atoms with Crippen LogP contribution in [0, 0.1) is 12.5 Å². The van der Waals surface area contributed by atoms with E-state index in [1.807, 2.05) is 6.92 Å². The SMILES string of the molecule is C[CH]NC(=O)CCC(C)C. The largest absolute Gasteiger partial charge is 0.352 e. The Morgan fingerprint density at radius 3 is 2.60 bits per heavy atom. The predicted molar refractivity (Wildman–Crippen MR) is 42.2 cm³/mol. The van der Waals surface area contributed by atoms with Crippen molar-refractivity contribution < 1.29 is 4.79 Å². The van der Waals surface area contributed by atoms with Crippen molar-refractivity contribution in [1.29, 1.82) is 0 Å². The third-order valence-corrected chi connectivity index (χ3v) is 1.25. The van der Waals surface area contributed by atoms with Crippen LogP contribution in [0.2, 0.25) is 0 Å². The van der Waals surface area contributed by atoms with Gasteiger partial charge < -0.3 is 5.32 Å². The number of nitrogens with one attached hydrogen (secondary N) is 1. The monoisotopic (exact) mass is 142 g/mol. The molecule has 0 aromatic carbocycles. The summed E-state index contributed by atoms with van der Waals surface area (Å²) in [7, 11) is 0. The lowest BCUT2D eigenvalue weighted by Crippen LogP contribution is -2.19. The highest BCUT2D eigenvalue weighted by Gasteiger charge is 2.00. The zero-order valence-corrected chi connectivity index (χ0v) is 6.98. The van der Waals surface area contributed by atoms with E-state index in [2.05, 4.69) is 19.2 Å². The van der Waals surface area contributed by atoms with Crippen LogP contribution in [0.15, 0.2) is 0 Å². The van der Waals surface area contributed by atoms with Crippen LogP contribution in [0.1, 0.15) is 33.6 Å². The van der Waals surface area contributed by atoms with Gasteiger partial charge in [0.2, 0.25) is 5.91 Å². The molecule has 10 heavy (non-hydrogen) atoms. The summed E-state index contributed by atoms with van der Waals surface area (Å²) in [4.78, 5) is 10.8. The molecular formula is C8H16NO. The molecule has 0 saturated carbocycles. The minimum atomic E-state index is 0.121. The van der Waals surface area contributed by atoms with E-state index in [-0.39, 0.29) is 5.91 Å². The van der Waals surface area contributed by atoms with E-state index in [9.17, 15) is 4.79 Å². The van der Waals surface area contributed by atoms with Gasteiger partial charge in [-0.25, -0.2) is 0 Å². The zero-order valence-electron chi connectivity index (χ0n) is 6.98. The maximum absolute atomic E-state index is 10.8. The van der Waals surface area contributed by atoms with Crippen molar-refractivity contribution in [3.05, 3.63) is 6.54 Å². The Bertz CT molecular complexity index is 99.4. The van der Waals surface area contributed by atoms with E-state index < -0.39 is 0 Å². The molecule has 0 heterocycles. The van der Waals surface area contributed by atoms with E-state index in [1.54, 1.807) is 6.54 Å². The summed E-state index contributed by atoms with van der Waals surface area (Å²) >= 11 is 0. The Balaban J connectivity index is 3.22. The molecule has 0 rings (SSSR count). The molecular weight excluding hydrogens is 126 g/mol. The van der Waals surface area contributed by atoms with Crippen LogP contribution in [-0.4, -0.2) is 5.91 Å². The molecule has 0 atom stereocenters. The van der Waals surface area contributed by atoms with Gasteiger partial charge in [0.25, 0.3) is 0 Å². The van der Waals surface area contributed by atoms with Crippen molar-refractivity contribution in [2.45, 2.75) is 33.6 Å². The highest BCUT2D eigenvalue weighted by molar-refractivity contribution is 5.76. The number of hydrogen-bond acceptors (Lipinski definition) is 1. The Morgan fingerprint density at radius 2 is 2.20 bits per heavy atom. The van der Waals surface area contributed by atoms with E-state index in [0.29, 0.717) is 12.3 Å². The Hall–Kier alpha value is -0.530. The minimum Gasteiger partial charge on any atom is -0.352 e. The predicted octanol–water partition coefficient (Wildman–Crippen LogP) is 1.72. The van der Waals surface area contributed by atoms with Crippen molar-refractivity contribution in [3.8, 4) is 0 Å². The second-order valence-electron chi connectivity index (χ2n) is 2.79. The second kappa shape index (κ2) is 5.27.